The molecule has 0 bridgehead atoms. The Balaban J connectivity index is 1.11. The first-order valence-electron chi connectivity index (χ1n) is 13.1. The second kappa shape index (κ2) is 10.5. The Kier molecular flexibility index (Phi) is 7.28. The van der Waals surface area contributed by atoms with Crippen LogP contribution in [-0.4, -0.2) is 74.7 Å². The monoisotopic (exact) mass is 523 g/mol. The average Bonchev–Trinajstić information content (AvgIpc) is 3.43. The van der Waals surface area contributed by atoms with Gasteiger partial charge in [0.05, 0.1) is 5.39 Å². The number of amides is 2. The largest absolute Gasteiger partial charge is 0.386 e. The van der Waals surface area contributed by atoms with Gasteiger partial charge in [0.1, 0.15) is 42.3 Å². The summed E-state index contributed by atoms with van der Waals surface area (Å²) >= 11 is 0. The van der Waals surface area contributed by atoms with Gasteiger partial charge in [-0.3, -0.25) is 4.90 Å². The number of nitrogen functional groups attached to an aromatic ring is 1. The number of urea groups is 1. The van der Waals surface area contributed by atoms with Crippen molar-refractivity contribution in [3.05, 3.63) is 48.4 Å². The van der Waals surface area contributed by atoms with Crippen molar-refractivity contribution in [2.45, 2.75) is 70.3 Å². The molecule has 0 saturated carbocycles. The third-order valence-corrected chi connectivity index (χ3v) is 7.32. The van der Waals surface area contributed by atoms with E-state index in [9.17, 15) is 9.90 Å². The van der Waals surface area contributed by atoms with Crippen molar-refractivity contribution in [1.29, 1.82) is 0 Å². The lowest BCUT2D eigenvalue weighted by Gasteiger charge is -2.39. The van der Waals surface area contributed by atoms with Gasteiger partial charge in [-0.2, -0.15) is 0 Å². The van der Waals surface area contributed by atoms with Gasteiger partial charge < -0.3 is 35.5 Å². The van der Waals surface area contributed by atoms with Gasteiger partial charge in [-0.15, -0.1) is 0 Å². The van der Waals surface area contributed by atoms with Crippen molar-refractivity contribution in [1.82, 2.24) is 24.8 Å². The Morgan fingerprint density at radius 2 is 1.95 bits per heavy atom. The quantitative estimate of drug-likeness (QED) is 0.362. The molecule has 0 radical (unpaired) electrons. The van der Waals surface area contributed by atoms with Crippen LogP contribution in [0, 0.1) is 0 Å². The fourth-order valence-electron chi connectivity index (χ4n) is 5.14. The van der Waals surface area contributed by atoms with Gasteiger partial charge in [0, 0.05) is 31.5 Å². The third kappa shape index (κ3) is 5.32. The van der Waals surface area contributed by atoms with Crippen LogP contribution in [0.4, 0.5) is 16.3 Å². The van der Waals surface area contributed by atoms with Crippen LogP contribution in [0.1, 0.15) is 45.9 Å². The fourth-order valence-corrected chi connectivity index (χ4v) is 5.14. The number of ether oxygens (including phenoxy) is 2. The molecule has 5 rings (SSSR count). The minimum Gasteiger partial charge on any atom is -0.386 e. The molecule has 11 heteroatoms. The number of nitrogens with zero attached hydrogens (tertiary/aromatic N) is 4. The molecule has 1 aromatic carbocycles. The van der Waals surface area contributed by atoms with Crippen LogP contribution in [0.15, 0.2) is 42.9 Å². The van der Waals surface area contributed by atoms with E-state index in [1.807, 2.05) is 37.3 Å². The smallest absolute Gasteiger partial charge is 0.319 e. The first-order valence-corrected chi connectivity index (χ1v) is 13.1. The average molecular weight is 524 g/mol. The van der Waals surface area contributed by atoms with Crippen molar-refractivity contribution >= 4 is 28.6 Å². The molecule has 5 atom stereocenters. The number of aromatic nitrogens is 3. The van der Waals surface area contributed by atoms with Crippen LogP contribution >= 0.6 is 0 Å². The van der Waals surface area contributed by atoms with E-state index in [1.165, 1.54) is 11.9 Å². The zero-order chi connectivity index (χ0) is 27.0. The van der Waals surface area contributed by atoms with E-state index < -0.39 is 18.4 Å². The zero-order valence-electron chi connectivity index (χ0n) is 22.3. The van der Waals surface area contributed by atoms with Crippen LogP contribution < -0.4 is 16.4 Å². The minimum atomic E-state index is -0.848. The second-order valence-electron chi connectivity index (χ2n) is 11.0. The molecule has 3 aromatic rings. The fraction of sp³-hybridized carbons (Fsp3) is 0.519. The Bertz CT molecular complexity index is 1270. The summed E-state index contributed by atoms with van der Waals surface area (Å²) < 4.78 is 14.2. The Morgan fingerprint density at radius 1 is 1.18 bits per heavy atom. The molecule has 2 aromatic heterocycles. The SMILES string of the molecule is CC1O[C@@H]2C(CN1CCCNC(=O)Nc1ccc(C(C)(C)C)cc1)OC(n1ccc3c(N)ncnc31)[C@@H]2O. The van der Waals surface area contributed by atoms with Gasteiger partial charge in [-0.1, -0.05) is 32.9 Å². The maximum absolute atomic E-state index is 12.3. The van der Waals surface area contributed by atoms with Crippen LogP contribution in [0.5, 0.6) is 0 Å². The first-order chi connectivity index (χ1) is 18.1. The number of fused-ring (bicyclic) bond motifs is 2. The lowest BCUT2D eigenvalue weighted by molar-refractivity contribution is -0.176. The van der Waals surface area contributed by atoms with E-state index >= 15 is 0 Å². The van der Waals surface area contributed by atoms with Crippen LogP contribution in [0.3, 0.4) is 0 Å². The molecule has 2 amide bonds. The molecular formula is C27H37N7O4. The van der Waals surface area contributed by atoms with E-state index in [-0.39, 0.29) is 23.8 Å². The topological polar surface area (TPSA) is 140 Å². The normalized spacial score (nSPS) is 25.9. The Labute approximate surface area is 222 Å². The molecule has 2 aliphatic rings. The van der Waals surface area contributed by atoms with Gasteiger partial charge in [0.15, 0.2) is 6.23 Å². The number of nitrogens with one attached hydrogen (secondary N) is 2. The van der Waals surface area contributed by atoms with Crippen molar-refractivity contribution in [3.63, 3.8) is 0 Å². The molecule has 2 fully saturated rings. The molecule has 2 saturated heterocycles. The second-order valence-corrected chi connectivity index (χ2v) is 11.0. The maximum Gasteiger partial charge on any atom is 0.319 e. The summed E-state index contributed by atoms with van der Waals surface area (Å²) in [6.07, 6.45) is 1.53. The molecule has 4 heterocycles. The van der Waals surface area contributed by atoms with Gasteiger partial charge in [0.2, 0.25) is 0 Å². The minimum absolute atomic E-state index is 0.0682. The summed E-state index contributed by atoms with van der Waals surface area (Å²) in [5, 5.41) is 17.5. The van der Waals surface area contributed by atoms with E-state index in [4.69, 9.17) is 15.2 Å². The highest BCUT2D eigenvalue weighted by atomic mass is 16.6. The Hall–Kier alpha value is -3.25. The number of hydrogen-bond acceptors (Lipinski definition) is 8. The number of aliphatic hydroxyl groups excluding tert-OH is 1. The summed E-state index contributed by atoms with van der Waals surface area (Å²) in [5.41, 5.74) is 8.62. The van der Waals surface area contributed by atoms with Crippen molar-refractivity contribution < 1.29 is 19.4 Å². The molecule has 11 nitrogen and oxygen atoms in total. The number of rotatable bonds is 6. The zero-order valence-corrected chi connectivity index (χ0v) is 22.3. The lowest BCUT2D eigenvalue weighted by atomic mass is 9.87. The maximum atomic E-state index is 12.3. The third-order valence-electron chi connectivity index (χ3n) is 7.32. The standard InChI is InChI=1S/C27H37N7O4/c1-16-33(12-5-11-29-26(36)32-18-8-6-17(7-9-18)27(2,3)4)14-20-22(37-16)21(35)25(38-20)34-13-10-19-23(28)30-15-31-24(19)34/h6-10,13,15-16,20-22,25,35H,5,11-12,14H2,1-4H3,(H2,28,30,31)(H2,29,32,36)/t16?,20?,21-,22-,25?/m1/s1. The summed E-state index contributed by atoms with van der Waals surface area (Å²) in [6.45, 7) is 10.3. The number of nitrogens with two attached hydrogens (primary N) is 1. The molecule has 0 aliphatic carbocycles. The van der Waals surface area contributed by atoms with E-state index in [0.29, 0.717) is 36.5 Å². The summed E-state index contributed by atoms with van der Waals surface area (Å²) in [6, 6.07) is 9.51. The number of hydrogen-bond donors (Lipinski definition) is 4. The molecule has 2 aliphatic heterocycles. The number of anilines is 2. The van der Waals surface area contributed by atoms with Crippen molar-refractivity contribution in [2.75, 3.05) is 30.7 Å². The van der Waals surface area contributed by atoms with Crippen molar-refractivity contribution in [2.24, 2.45) is 0 Å². The van der Waals surface area contributed by atoms with Gasteiger partial charge in [0.25, 0.3) is 0 Å². The van der Waals surface area contributed by atoms with Gasteiger partial charge in [-0.05, 0) is 42.5 Å². The van der Waals surface area contributed by atoms with Crippen LogP contribution in [-0.2, 0) is 14.9 Å². The highest BCUT2D eigenvalue weighted by Gasteiger charge is 2.50. The summed E-state index contributed by atoms with van der Waals surface area (Å²) in [5.74, 6) is 0.385. The van der Waals surface area contributed by atoms with Gasteiger partial charge in [-0.25, -0.2) is 14.8 Å². The molecule has 3 unspecified atom stereocenters. The van der Waals surface area contributed by atoms with Gasteiger partial charge >= 0.3 is 6.03 Å². The predicted octanol–water partition coefficient (Wildman–Crippen LogP) is 2.83. The molecule has 38 heavy (non-hydrogen) atoms. The predicted molar refractivity (Wildman–Crippen MR) is 145 cm³/mol. The molecule has 5 N–H and O–H groups in total. The summed E-state index contributed by atoms with van der Waals surface area (Å²) in [7, 11) is 0. The number of aliphatic hydroxyl groups is 1. The first kappa shape index (κ1) is 26.4. The van der Waals surface area contributed by atoms with Crippen LogP contribution in [0.2, 0.25) is 0 Å². The van der Waals surface area contributed by atoms with E-state index in [0.717, 1.165) is 12.1 Å². The number of carbonyl (C=O) groups is 1. The number of benzene rings is 1. The highest BCUT2D eigenvalue weighted by Crippen LogP contribution is 2.37. The lowest BCUT2D eigenvalue weighted by Crippen LogP contribution is -2.54. The molecular weight excluding hydrogens is 486 g/mol. The molecule has 0 spiro atoms. The molecule has 204 valence electrons. The number of carbonyl (C=O) groups excluding carboxylic acids is 1. The van der Waals surface area contributed by atoms with E-state index in [2.05, 4.69) is 46.3 Å². The Morgan fingerprint density at radius 3 is 2.68 bits per heavy atom. The van der Waals surface area contributed by atoms with Crippen LogP contribution in [0.25, 0.3) is 11.0 Å². The summed E-state index contributed by atoms with van der Waals surface area (Å²) in [4.78, 5) is 22.8. The van der Waals surface area contributed by atoms with E-state index in [1.54, 1.807) is 10.8 Å². The van der Waals surface area contributed by atoms with Crippen molar-refractivity contribution in [3.8, 4) is 0 Å². The highest BCUT2D eigenvalue weighted by molar-refractivity contribution is 5.89.